The van der Waals surface area contributed by atoms with Crippen molar-refractivity contribution in [3.8, 4) is 11.9 Å². The van der Waals surface area contributed by atoms with Crippen molar-refractivity contribution in [2.45, 2.75) is 43.5 Å². The topological polar surface area (TPSA) is 74.8 Å². The lowest BCUT2D eigenvalue weighted by atomic mass is 10.2. The fourth-order valence-electron chi connectivity index (χ4n) is 2.45. The molecule has 0 aliphatic heterocycles. The third-order valence-electron chi connectivity index (χ3n) is 3.69. The van der Waals surface area contributed by atoms with Crippen LogP contribution in [0.3, 0.4) is 0 Å². The molecule has 0 N–H and O–H groups in total. The maximum absolute atomic E-state index is 12.6. The number of aromatic nitrogens is 3. The standard InChI is InChI=1S/C17H17ClF3N5OS/c1-3-5-6-25(14(27)4-2)16-11(8-22)9-24-26(16)15-13(18)7-12(10-23-15)28-17(19,20)21/h7,9-10H,3-6H2,1-2H3. The Hall–Kier alpha value is -2.25. The molecule has 0 aliphatic carbocycles. The molecule has 0 spiro atoms. The van der Waals surface area contributed by atoms with Crippen LogP contribution >= 0.6 is 23.4 Å². The lowest BCUT2D eigenvalue weighted by Crippen LogP contribution is -2.33. The van der Waals surface area contributed by atoms with E-state index in [1.54, 1.807) is 6.92 Å². The van der Waals surface area contributed by atoms with Crippen molar-refractivity contribution in [3.63, 3.8) is 0 Å². The molecule has 0 aliphatic rings. The molecule has 0 fully saturated rings. The van der Waals surface area contributed by atoms with Gasteiger partial charge in [0.2, 0.25) is 5.91 Å². The molecule has 2 rings (SSSR count). The van der Waals surface area contributed by atoms with Crippen molar-refractivity contribution in [1.29, 1.82) is 5.26 Å². The molecule has 2 heterocycles. The molecule has 150 valence electrons. The number of pyridine rings is 1. The van der Waals surface area contributed by atoms with Gasteiger partial charge in [-0.1, -0.05) is 31.9 Å². The van der Waals surface area contributed by atoms with Crippen LogP contribution in [-0.2, 0) is 4.79 Å². The van der Waals surface area contributed by atoms with Crippen molar-refractivity contribution >= 4 is 35.1 Å². The minimum absolute atomic E-state index is 0.0371. The summed E-state index contributed by atoms with van der Waals surface area (Å²) in [4.78, 5) is 17.7. The summed E-state index contributed by atoms with van der Waals surface area (Å²) in [6.07, 6.45) is 4.03. The van der Waals surface area contributed by atoms with Crippen molar-refractivity contribution in [2.24, 2.45) is 0 Å². The quantitative estimate of drug-likeness (QED) is 0.580. The van der Waals surface area contributed by atoms with E-state index in [4.69, 9.17) is 11.6 Å². The summed E-state index contributed by atoms with van der Waals surface area (Å²) in [5.41, 5.74) is -4.33. The molecule has 0 aromatic carbocycles. The number of anilines is 1. The van der Waals surface area contributed by atoms with Gasteiger partial charge in [0.05, 0.1) is 11.2 Å². The van der Waals surface area contributed by atoms with Gasteiger partial charge in [0.1, 0.15) is 11.6 Å². The molecule has 6 nitrogen and oxygen atoms in total. The third kappa shape index (κ3) is 5.17. The average molecular weight is 432 g/mol. The fourth-order valence-corrected chi connectivity index (χ4v) is 3.31. The van der Waals surface area contributed by atoms with Gasteiger partial charge in [-0.05, 0) is 24.2 Å². The average Bonchev–Trinajstić information content (AvgIpc) is 3.04. The van der Waals surface area contributed by atoms with E-state index in [1.807, 2.05) is 13.0 Å². The van der Waals surface area contributed by atoms with Crippen LogP contribution in [0.15, 0.2) is 23.4 Å². The zero-order valence-corrected chi connectivity index (χ0v) is 16.7. The van der Waals surface area contributed by atoms with Gasteiger partial charge in [0, 0.05) is 24.1 Å². The molecule has 0 atom stereocenters. The summed E-state index contributed by atoms with van der Waals surface area (Å²) in [6.45, 7) is 4.03. The second-order valence-corrected chi connectivity index (χ2v) is 7.23. The molecule has 0 saturated heterocycles. The van der Waals surface area contributed by atoms with Crippen molar-refractivity contribution in [2.75, 3.05) is 11.4 Å². The van der Waals surface area contributed by atoms with Gasteiger partial charge in [-0.25, -0.2) is 4.98 Å². The fraction of sp³-hybridized carbons (Fsp3) is 0.412. The van der Waals surface area contributed by atoms with E-state index in [1.165, 1.54) is 15.8 Å². The lowest BCUT2D eigenvalue weighted by Gasteiger charge is -2.23. The summed E-state index contributed by atoms with van der Waals surface area (Å²) < 4.78 is 38.9. The molecule has 11 heteroatoms. The highest BCUT2D eigenvalue weighted by atomic mass is 35.5. The largest absolute Gasteiger partial charge is 0.446 e. The summed E-state index contributed by atoms with van der Waals surface area (Å²) in [5, 5.41) is 13.4. The molecule has 0 radical (unpaired) electrons. The highest BCUT2D eigenvalue weighted by Gasteiger charge is 2.30. The minimum atomic E-state index is -4.47. The maximum Gasteiger partial charge on any atom is 0.446 e. The van der Waals surface area contributed by atoms with Gasteiger partial charge >= 0.3 is 5.51 Å². The molecular formula is C17H17ClF3N5OS. The molecule has 28 heavy (non-hydrogen) atoms. The zero-order valence-electron chi connectivity index (χ0n) is 15.1. The monoisotopic (exact) mass is 431 g/mol. The molecule has 2 aromatic heterocycles. The summed E-state index contributed by atoms with van der Waals surface area (Å²) in [6, 6.07) is 3.11. The molecule has 0 saturated carbocycles. The van der Waals surface area contributed by atoms with Crippen LogP contribution in [0.25, 0.3) is 5.82 Å². The van der Waals surface area contributed by atoms with Crippen LogP contribution < -0.4 is 4.90 Å². The van der Waals surface area contributed by atoms with Crippen molar-refractivity contribution < 1.29 is 18.0 Å². The van der Waals surface area contributed by atoms with Crippen LogP contribution in [0.4, 0.5) is 19.0 Å². The van der Waals surface area contributed by atoms with Crippen LogP contribution in [-0.4, -0.2) is 32.7 Å². The second kappa shape index (κ2) is 9.30. The van der Waals surface area contributed by atoms with Gasteiger partial charge in [0.15, 0.2) is 11.6 Å². The molecule has 1 amide bonds. The van der Waals surface area contributed by atoms with Gasteiger partial charge in [-0.2, -0.15) is 28.2 Å². The third-order valence-corrected chi connectivity index (χ3v) is 4.66. The number of hydrogen-bond donors (Lipinski definition) is 0. The number of unbranched alkanes of at least 4 members (excludes halogenated alkanes) is 1. The Morgan fingerprint density at radius 2 is 2.11 bits per heavy atom. The normalized spacial score (nSPS) is 11.3. The molecule has 2 aromatic rings. The van der Waals surface area contributed by atoms with E-state index < -0.39 is 5.51 Å². The number of nitriles is 1. The van der Waals surface area contributed by atoms with E-state index in [0.29, 0.717) is 13.0 Å². The minimum Gasteiger partial charge on any atom is -0.296 e. The predicted molar refractivity (Wildman–Crippen MR) is 101 cm³/mol. The van der Waals surface area contributed by atoms with Gasteiger partial charge in [0.25, 0.3) is 0 Å². The Labute approximate surface area is 169 Å². The summed E-state index contributed by atoms with van der Waals surface area (Å²) >= 11 is 5.81. The molecule has 0 bridgehead atoms. The van der Waals surface area contributed by atoms with E-state index in [9.17, 15) is 23.2 Å². The van der Waals surface area contributed by atoms with Crippen LogP contribution in [0.1, 0.15) is 38.7 Å². The Morgan fingerprint density at radius 1 is 1.39 bits per heavy atom. The van der Waals surface area contributed by atoms with E-state index in [0.717, 1.165) is 18.7 Å². The number of rotatable bonds is 7. The Morgan fingerprint density at radius 3 is 2.64 bits per heavy atom. The SMILES string of the molecule is CCCCN(C(=O)CC)c1c(C#N)cnn1-c1ncc(SC(F)(F)F)cc1Cl. The van der Waals surface area contributed by atoms with Crippen molar-refractivity contribution in [1.82, 2.24) is 14.8 Å². The van der Waals surface area contributed by atoms with Gasteiger partial charge in [-0.15, -0.1) is 0 Å². The first-order valence-corrected chi connectivity index (χ1v) is 9.61. The summed E-state index contributed by atoms with van der Waals surface area (Å²) in [7, 11) is 0. The van der Waals surface area contributed by atoms with E-state index >= 15 is 0 Å². The maximum atomic E-state index is 12.6. The number of alkyl halides is 3. The predicted octanol–water partition coefficient (Wildman–Crippen LogP) is 4.95. The number of hydrogen-bond acceptors (Lipinski definition) is 5. The van der Waals surface area contributed by atoms with Crippen LogP contribution in [0.5, 0.6) is 0 Å². The Bertz CT molecular complexity index is 894. The van der Waals surface area contributed by atoms with Gasteiger partial charge < -0.3 is 0 Å². The number of halogens is 4. The summed E-state index contributed by atoms with van der Waals surface area (Å²) in [5.74, 6) is 0.0237. The first-order chi connectivity index (χ1) is 13.2. The Kier molecular flexibility index (Phi) is 7.32. The van der Waals surface area contributed by atoms with E-state index in [-0.39, 0.29) is 51.2 Å². The first kappa shape index (κ1) is 22.0. The zero-order chi connectivity index (χ0) is 20.9. The number of thioether (sulfide) groups is 1. The molecular weight excluding hydrogens is 415 g/mol. The highest BCUT2D eigenvalue weighted by molar-refractivity contribution is 8.00. The number of carbonyl (C=O) groups is 1. The Balaban J connectivity index is 2.54. The number of amides is 1. The number of nitrogens with zero attached hydrogens (tertiary/aromatic N) is 5. The van der Waals surface area contributed by atoms with E-state index in [2.05, 4.69) is 10.1 Å². The van der Waals surface area contributed by atoms with Gasteiger partial charge in [-0.3, -0.25) is 9.69 Å². The number of carbonyl (C=O) groups excluding carboxylic acids is 1. The molecule has 0 unspecified atom stereocenters. The lowest BCUT2D eigenvalue weighted by molar-refractivity contribution is -0.118. The highest BCUT2D eigenvalue weighted by Crippen LogP contribution is 2.38. The first-order valence-electron chi connectivity index (χ1n) is 8.42. The smallest absolute Gasteiger partial charge is 0.296 e. The second-order valence-electron chi connectivity index (χ2n) is 5.68. The van der Waals surface area contributed by atoms with Crippen molar-refractivity contribution in [3.05, 3.63) is 29.0 Å². The van der Waals surface area contributed by atoms with Crippen LogP contribution in [0.2, 0.25) is 5.02 Å². The van der Waals surface area contributed by atoms with Crippen LogP contribution in [0, 0.1) is 11.3 Å².